The first-order valence-electron chi connectivity index (χ1n) is 6.02. The number of nitrogens with one attached hydrogen (secondary N) is 1. The van der Waals surface area contributed by atoms with Gasteiger partial charge in [-0.25, -0.2) is 0 Å². The van der Waals surface area contributed by atoms with Crippen LogP contribution in [0.3, 0.4) is 0 Å². The fourth-order valence-corrected chi connectivity index (χ4v) is 2.47. The molecule has 3 N–H and O–H groups in total. The van der Waals surface area contributed by atoms with Crippen molar-refractivity contribution in [2.45, 2.75) is 19.8 Å². The van der Waals surface area contributed by atoms with Gasteiger partial charge in [-0.1, -0.05) is 19.1 Å². The topological polar surface area (TPSA) is 75.4 Å². The summed E-state index contributed by atoms with van der Waals surface area (Å²) in [4.78, 5) is 0. The number of hydrogen-bond acceptors (Lipinski definition) is 3. The second-order valence-corrected chi connectivity index (χ2v) is 5.90. The highest BCUT2D eigenvalue weighted by Gasteiger charge is 2.16. The van der Waals surface area contributed by atoms with Gasteiger partial charge in [0.1, 0.15) is 0 Å². The summed E-state index contributed by atoms with van der Waals surface area (Å²) in [6.45, 7) is 2.92. The van der Waals surface area contributed by atoms with E-state index in [0.717, 1.165) is 12.0 Å². The van der Waals surface area contributed by atoms with E-state index in [-0.39, 0.29) is 0 Å². The summed E-state index contributed by atoms with van der Waals surface area (Å²) in [6.07, 6.45) is 1.52. The van der Waals surface area contributed by atoms with Crippen LogP contribution in [0.5, 0.6) is 0 Å². The highest BCUT2D eigenvalue weighted by atomic mass is 32.2. The zero-order valence-corrected chi connectivity index (χ0v) is 11.7. The Morgan fingerprint density at radius 3 is 2.72 bits per heavy atom. The quantitative estimate of drug-likeness (QED) is 0.782. The predicted molar refractivity (Wildman–Crippen MR) is 74.7 cm³/mol. The minimum Gasteiger partial charge on any atom is -0.330 e. The minimum absolute atomic E-state index is 0.416. The molecule has 0 amide bonds. The number of anilines is 1. The van der Waals surface area contributed by atoms with E-state index < -0.39 is 10.2 Å². The number of aryl methyl sites for hydroxylation is 1. The molecule has 0 aliphatic rings. The molecule has 1 rings (SSSR count). The van der Waals surface area contributed by atoms with Gasteiger partial charge in [-0.3, -0.25) is 4.72 Å². The zero-order chi connectivity index (χ0) is 13.6. The third-order valence-electron chi connectivity index (χ3n) is 2.67. The summed E-state index contributed by atoms with van der Waals surface area (Å²) in [5.74, 6) is 0. The minimum atomic E-state index is -3.48. The maximum Gasteiger partial charge on any atom is 0.301 e. The average molecular weight is 271 g/mol. The Morgan fingerprint density at radius 2 is 2.11 bits per heavy atom. The normalized spacial score (nSPS) is 11.8. The van der Waals surface area contributed by atoms with E-state index in [1.165, 1.54) is 4.31 Å². The Kier molecular flexibility index (Phi) is 5.58. The summed E-state index contributed by atoms with van der Waals surface area (Å²) in [6, 6.07) is 7.40. The first-order valence-corrected chi connectivity index (χ1v) is 7.46. The van der Waals surface area contributed by atoms with Gasteiger partial charge >= 0.3 is 10.2 Å². The SMILES string of the molecule is CCc1cccc(NS(=O)(=O)N(C)CCCN)c1. The van der Waals surface area contributed by atoms with Crippen LogP contribution < -0.4 is 10.5 Å². The number of nitrogens with zero attached hydrogens (tertiary/aromatic N) is 1. The molecule has 0 atom stereocenters. The Labute approximate surface area is 109 Å². The Morgan fingerprint density at radius 1 is 1.39 bits per heavy atom. The summed E-state index contributed by atoms with van der Waals surface area (Å²) in [5.41, 5.74) is 7.06. The van der Waals surface area contributed by atoms with Gasteiger partial charge in [-0.15, -0.1) is 0 Å². The third kappa shape index (κ3) is 4.29. The molecule has 0 radical (unpaired) electrons. The van der Waals surface area contributed by atoms with Gasteiger partial charge in [0, 0.05) is 13.6 Å². The number of nitrogens with two attached hydrogens (primary N) is 1. The molecule has 0 unspecified atom stereocenters. The monoisotopic (exact) mass is 271 g/mol. The Balaban J connectivity index is 2.75. The van der Waals surface area contributed by atoms with Gasteiger partial charge in [0.25, 0.3) is 0 Å². The molecule has 5 nitrogen and oxygen atoms in total. The van der Waals surface area contributed by atoms with E-state index in [2.05, 4.69) is 4.72 Å². The van der Waals surface area contributed by atoms with E-state index in [0.29, 0.717) is 25.2 Å². The van der Waals surface area contributed by atoms with Crippen LogP contribution in [-0.4, -0.2) is 32.9 Å². The second kappa shape index (κ2) is 6.72. The molecule has 1 aromatic carbocycles. The molecule has 18 heavy (non-hydrogen) atoms. The van der Waals surface area contributed by atoms with Gasteiger partial charge in [-0.2, -0.15) is 12.7 Å². The lowest BCUT2D eigenvalue weighted by Gasteiger charge is -2.18. The first-order chi connectivity index (χ1) is 8.49. The summed E-state index contributed by atoms with van der Waals surface area (Å²) >= 11 is 0. The summed E-state index contributed by atoms with van der Waals surface area (Å²) in [5, 5.41) is 0. The van der Waals surface area contributed by atoms with Crippen LogP contribution in [0.25, 0.3) is 0 Å². The van der Waals surface area contributed by atoms with Crippen molar-refractivity contribution in [3.63, 3.8) is 0 Å². The van der Waals surface area contributed by atoms with Crippen molar-refractivity contribution in [2.24, 2.45) is 5.73 Å². The second-order valence-electron chi connectivity index (χ2n) is 4.12. The van der Waals surface area contributed by atoms with Crippen LogP contribution in [-0.2, 0) is 16.6 Å². The van der Waals surface area contributed by atoms with E-state index >= 15 is 0 Å². The Hall–Kier alpha value is -1.11. The van der Waals surface area contributed by atoms with Crippen molar-refractivity contribution in [3.8, 4) is 0 Å². The molecule has 1 aromatic rings. The van der Waals surface area contributed by atoms with Crippen LogP contribution in [0.2, 0.25) is 0 Å². The van der Waals surface area contributed by atoms with Crippen molar-refractivity contribution in [3.05, 3.63) is 29.8 Å². The lowest BCUT2D eigenvalue weighted by atomic mass is 10.1. The van der Waals surface area contributed by atoms with E-state index in [4.69, 9.17) is 5.73 Å². The summed E-state index contributed by atoms with van der Waals surface area (Å²) in [7, 11) is -1.94. The molecule has 0 spiro atoms. The van der Waals surface area contributed by atoms with Crippen LogP contribution in [0.4, 0.5) is 5.69 Å². The molecule has 0 saturated carbocycles. The summed E-state index contributed by atoms with van der Waals surface area (Å²) < 4.78 is 27.8. The van der Waals surface area contributed by atoms with Crippen LogP contribution in [0.1, 0.15) is 18.9 Å². The molecule has 0 aliphatic carbocycles. The van der Waals surface area contributed by atoms with Gasteiger partial charge < -0.3 is 5.73 Å². The van der Waals surface area contributed by atoms with Crippen LogP contribution >= 0.6 is 0 Å². The molecule has 0 saturated heterocycles. The van der Waals surface area contributed by atoms with Crippen molar-refractivity contribution in [1.82, 2.24) is 4.31 Å². The molecule has 6 heteroatoms. The molecular weight excluding hydrogens is 250 g/mol. The average Bonchev–Trinajstić information content (AvgIpc) is 2.35. The maximum atomic E-state index is 12.0. The van der Waals surface area contributed by atoms with E-state index in [9.17, 15) is 8.42 Å². The third-order valence-corrected chi connectivity index (χ3v) is 4.17. The number of hydrogen-bond donors (Lipinski definition) is 2. The first kappa shape index (κ1) is 14.9. The fraction of sp³-hybridized carbons (Fsp3) is 0.500. The van der Waals surface area contributed by atoms with Gasteiger partial charge in [0.15, 0.2) is 0 Å². The molecule has 102 valence electrons. The molecule has 0 aromatic heterocycles. The lowest BCUT2D eigenvalue weighted by Crippen LogP contribution is -2.34. The van der Waals surface area contributed by atoms with Crippen molar-refractivity contribution in [2.75, 3.05) is 24.9 Å². The van der Waals surface area contributed by atoms with Crippen molar-refractivity contribution in [1.29, 1.82) is 0 Å². The molecule has 0 fully saturated rings. The fourth-order valence-electron chi connectivity index (χ4n) is 1.52. The van der Waals surface area contributed by atoms with Crippen molar-refractivity contribution < 1.29 is 8.42 Å². The van der Waals surface area contributed by atoms with Crippen molar-refractivity contribution >= 4 is 15.9 Å². The molecule has 0 aliphatic heterocycles. The smallest absolute Gasteiger partial charge is 0.301 e. The zero-order valence-electron chi connectivity index (χ0n) is 10.9. The largest absolute Gasteiger partial charge is 0.330 e. The van der Waals surface area contributed by atoms with Gasteiger partial charge in [0.05, 0.1) is 5.69 Å². The van der Waals surface area contributed by atoms with Crippen LogP contribution in [0.15, 0.2) is 24.3 Å². The standard InChI is InChI=1S/C12H21N3O2S/c1-3-11-6-4-7-12(10-11)14-18(16,17)15(2)9-5-8-13/h4,6-7,10,14H,3,5,8-9,13H2,1-2H3. The molecule has 0 bridgehead atoms. The lowest BCUT2D eigenvalue weighted by molar-refractivity contribution is 0.468. The Bertz CT molecular complexity index is 474. The maximum absolute atomic E-state index is 12.0. The van der Waals surface area contributed by atoms with Gasteiger partial charge in [-0.05, 0) is 37.1 Å². The molecular formula is C12H21N3O2S. The van der Waals surface area contributed by atoms with E-state index in [1.807, 2.05) is 25.1 Å². The molecule has 0 heterocycles. The highest BCUT2D eigenvalue weighted by Crippen LogP contribution is 2.14. The van der Waals surface area contributed by atoms with E-state index in [1.54, 1.807) is 13.1 Å². The number of rotatable bonds is 7. The van der Waals surface area contributed by atoms with Gasteiger partial charge in [0.2, 0.25) is 0 Å². The number of benzene rings is 1. The predicted octanol–water partition coefficient (Wildman–Crippen LogP) is 1.19. The highest BCUT2D eigenvalue weighted by molar-refractivity contribution is 7.90. The van der Waals surface area contributed by atoms with Crippen LogP contribution in [0, 0.1) is 0 Å².